The van der Waals surface area contributed by atoms with Gasteiger partial charge in [-0.25, -0.2) is 9.97 Å². The number of morpholine rings is 1. The summed E-state index contributed by atoms with van der Waals surface area (Å²) in [5, 5.41) is 7.51. The van der Waals surface area contributed by atoms with Crippen LogP contribution in [0.2, 0.25) is 0 Å². The molecule has 14 heteroatoms. The molecule has 0 radical (unpaired) electrons. The molecule has 2 aliphatic rings. The van der Waals surface area contributed by atoms with Gasteiger partial charge in [-0.1, -0.05) is 11.3 Å². The molecule has 2 aliphatic heterocycles. The zero-order valence-electron chi connectivity index (χ0n) is 21.3. The minimum Gasteiger partial charge on any atom is -0.473 e. The molecular weight excluding hydrogens is 556 g/mol. The third-order valence-corrected chi connectivity index (χ3v) is 8.77. The van der Waals surface area contributed by atoms with Gasteiger partial charge in [-0.15, -0.1) is 11.3 Å². The number of nitrogens with zero attached hydrogens (tertiary/aromatic N) is 4. The second-order valence-corrected chi connectivity index (χ2v) is 11.5. The van der Waals surface area contributed by atoms with E-state index in [0.29, 0.717) is 73.0 Å². The van der Waals surface area contributed by atoms with Crippen molar-refractivity contribution in [3.05, 3.63) is 40.3 Å². The van der Waals surface area contributed by atoms with Crippen molar-refractivity contribution in [3.63, 3.8) is 0 Å². The van der Waals surface area contributed by atoms with Crippen molar-refractivity contribution >= 4 is 66.7 Å². The third kappa shape index (κ3) is 4.67. The maximum absolute atomic E-state index is 12.7. The first-order valence-electron chi connectivity index (χ1n) is 12.8. The lowest BCUT2D eigenvalue weighted by atomic mass is 10.0. The summed E-state index contributed by atoms with van der Waals surface area (Å²) in [7, 11) is 0. The van der Waals surface area contributed by atoms with E-state index in [0.717, 1.165) is 15.2 Å². The van der Waals surface area contributed by atoms with E-state index in [-0.39, 0.29) is 28.9 Å². The van der Waals surface area contributed by atoms with Crippen molar-refractivity contribution in [3.8, 4) is 16.5 Å². The van der Waals surface area contributed by atoms with Gasteiger partial charge in [-0.3, -0.25) is 9.59 Å². The quantitative estimate of drug-likeness (QED) is 0.288. The molecule has 1 amide bonds. The van der Waals surface area contributed by atoms with Crippen LogP contribution >= 0.6 is 22.7 Å². The Hall–Kier alpha value is -4.01. The molecule has 0 unspecified atom stereocenters. The lowest BCUT2D eigenvalue weighted by Gasteiger charge is -2.26. The van der Waals surface area contributed by atoms with E-state index in [1.165, 1.54) is 35.0 Å². The van der Waals surface area contributed by atoms with Crippen LogP contribution < -0.4 is 25.7 Å². The summed E-state index contributed by atoms with van der Waals surface area (Å²) in [5.41, 5.74) is 3.38. The van der Waals surface area contributed by atoms with Gasteiger partial charge in [0.1, 0.15) is 32.9 Å². The Morgan fingerprint density at radius 1 is 1.20 bits per heavy atom. The van der Waals surface area contributed by atoms with Gasteiger partial charge in [0.15, 0.2) is 11.5 Å². The lowest BCUT2D eigenvalue weighted by molar-refractivity contribution is -0.119. The zero-order chi connectivity index (χ0) is 27.2. The van der Waals surface area contributed by atoms with Gasteiger partial charge >= 0.3 is 0 Å². The Balaban J connectivity index is 1.16. The van der Waals surface area contributed by atoms with Gasteiger partial charge in [-0.05, 0) is 6.92 Å². The molecule has 2 saturated heterocycles. The molecule has 7 heterocycles. The topological polar surface area (TPSA) is 145 Å². The highest BCUT2D eigenvalue weighted by atomic mass is 32.1. The number of rotatable bonds is 7. The van der Waals surface area contributed by atoms with Crippen LogP contribution in [0, 0.1) is 5.92 Å². The molecule has 0 saturated carbocycles. The first-order valence-corrected chi connectivity index (χ1v) is 14.5. The number of aromatic nitrogens is 3. The molecule has 7 rings (SSSR count). The largest absolute Gasteiger partial charge is 0.473 e. The number of anilines is 3. The Morgan fingerprint density at radius 3 is 2.90 bits per heavy atom. The van der Waals surface area contributed by atoms with E-state index in [2.05, 4.69) is 20.6 Å². The molecule has 0 bridgehead atoms. The van der Waals surface area contributed by atoms with E-state index in [9.17, 15) is 9.59 Å². The van der Waals surface area contributed by atoms with Crippen molar-refractivity contribution < 1.29 is 23.1 Å². The van der Waals surface area contributed by atoms with Crippen LogP contribution in [-0.4, -0.2) is 59.8 Å². The Kier molecular flexibility index (Phi) is 6.37. The fraction of sp³-hybridized carbons (Fsp3) is 0.346. The van der Waals surface area contributed by atoms with Crippen LogP contribution in [0.15, 0.2) is 43.7 Å². The van der Waals surface area contributed by atoms with Gasteiger partial charge in [0.05, 0.1) is 42.1 Å². The number of carbonyl (C=O) groups excluding carboxylic acids is 1. The van der Waals surface area contributed by atoms with Gasteiger partial charge in [0, 0.05) is 38.0 Å². The van der Waals surface area contributed by atoms with E-state index in [4.69, 9.17) is 23.3 Å². The molecule has 2 fully saturated rings. The molecule has 12 nitrogen and oxygen atoms in total. The fourth-order valence-electron chi connectivity index (χ4n) is 4.82. The number of thiazole rings is 2. The number of nitrogens with one attached hydrogen (secondary N) is 2. The first kappa shape index (κ1) is 25.0. The van der Waals surface area contributed by atoms with Crippen LogP contribution in [-0.2, 0) is 9.53 Å². The molecule has 2 N–H and O–H groups in total. The van der Waals surface area contributed by atoms with Gasteiger partial charge in [0.25, 0.3) is 0 Å². The minimum atomic E-state index is -0.246. The summed E-state index contributed by atoms with van der Waals surface area (Å²) >= 11 is 2.83. The maximum Gasteiger partial charge on any atom is 0.235 e. The Morgan fingerprint density at radius 2 is 2.08 bits per heavy atom. The summed E-state index contributed by atoms with van der Waals surface area (Å²) in [4.78, 5) is 40.1. The number of hydrogen-bond acceptors (Lipinski definition) is 13. The second-order valence-electron chi connectivity index (χ2n) is 9.62. The SMILES string of the molecule is C[C@H](Oc1nc(Nc2cnc(-c3coc4c(=O)cc(N5CCOCC5)oc34)s2)cc2ncsc12)[C@@H]1CNC(=O)C1. The van der Waals surface area contributed by atoms with Crippen LogP contribution in [0.4, 0.5) is 16.7 Å². The molecule has 0 aliphatic carbocycles. The smallest absolute Gasteiger partial charge is 0.235 e. The summed E-state index contributed by atoms with van der Waals surface area (Å²) in [6.07, 6.45) is 3.42. The highest BCUT2D eigenvalue weighted by Gasteiger charge is 2.29. The summed E-state index contributed by atoms with van der Waals surface area (Å²) in [5.74, 6) is 1.62. The Bertz CT molecular complexity index is 1770. The summed E-state index contributed by atoms with van der Waals surface area (Å²) in [6, 6.07) is 3.31. The average Bonchev–Trinajstić information content (AvgIpc) is 3.76. The molecule has 206 valence electrons. The number of fused-ring (bicyclic) bond motifs is 2. The molecule has 5 aromatic rings. The van der Waals surface area contributed by atoms with Gasteiger partial charge < -0.3 is 33.8 Å². The average molecular weight is 581 g/mol. The van der Waals surface area contributed by atoms with Gasteiger partial charge in [-0.2, -0.15) is 4.98 Å². The molecular formula is C26H24N6O6S2. The van der Waals surface area contributed by atoms with E-state index in [1.807, 2.05) is 17.9 Å². The third-order valence-electron chi connectivity index (χ3n) is 7.00. The van der Waals surface area contributed by atoms with Crippen LogP contribution in [0.5, 0.6) is 5.88 Å². The molecule has 2 atom stereocenters. The summed E-state index contributed by atoms with van der Waals surface area (Å²) < 4.78 is 24.2. The van der Waals surface area contributed by atoms with E-state index >= 15 is 0 Å². The van der Waals surface area contributed by atoms with Crippen molar-refractivity contribution in [1.82, 2.24) is 20.3 Å². The van der Waals surface area contributed by atoms with Crippen LogP contribution in [0.1, 0.15) is 13.3 Å². The van der Waals surface area contributed by atoms with Gasteiger partial charge in [0.2, 0.25) is 22.8 Å². The molecule has 0 spiro atoms. The second kappa shape index (κ2) is 10.2. The number of pyridine rings is 1. The number of amides is 1. The number of hydrogen-bond donors (Lipinski definition) is 2. The molecule has 0 aromatic carbocycles. The zero-order valence-corrected chi connectivity index (χ0v) is 23.0. The normalized spacial score (nSPS) is 18.4. The fourth-order valence-corrected chi connectivity index (χ4v) is 6.34. The van der Waals surface area contributed by atoms with Crippen molar-refractivity contribution in [2.75, 3.05) is 43.1 Å². The van der Waals surface area contributed by atoms with Crippen molar-refractivity contribution in [2.45, 2.75) is 19.4 Å². The monoisotopic (exact) mass is 580 g/mol. The molecule has 40 heavy (non-hydrogen) atoms. The maximum atomic E-state index is 12.7. The van der Waals surface area contributed by atoms with E-state index in [1.54, 1.807) is 11.7 Å². The summed E-state index contributed by atoms with van der Waals surface area (Å²) in [6.45, 7) is 4.97. The first-order chi connectivity index (χ1) is 19.5. The minimum absolute atomic E-state index is 0.0368. The molecule has 5 aromatic heterocycles. The van der Waals surface area contributed by atoms with Crippen LogP contribution in [0.25, 0.3) is 32.0 Å². The van der Waals surface area contributed by atoms with Crippen molar-refractivity contribution in [1.29, 1.82) is 0 Å². The van der Waals surface area contributed by atoms with Crippen molar-refractivity contribution in [2.24, 2.45) is 5.92 Å². The standard InChI is InChI=1S/C26H24N6O6S2/c1-13(14-6-19(34)27-9-14)37-25-24-16(29-12-39-24)7-18(31-25)30-20-10-28-26(40-20)15-11-36-23-17(33)8-21(38-22(15)23)32-2-4-35-5-3-32/h7-8,10-14H,2-6,9H2,1H3,(H,27,34)(H,30,31)/t13-,14-/m0/s1. The Labute approximate surface area is 234 Å². The number of carbonyl (C=O) groups is 1. The predicted octanol–water partition coefficient (Wildman–Crippen LogP) is 4.00. The number of furan rings is 1. The van der Waals surface area contributed by atoms with E-state index < -0.39 is 0 Å². The lowest BCUT2D eigenvalue weighted by Crippen LogP contribution is -2.36. The highest BCUT2D eigenvalue weighted by Crippen LogP contribution is 2.38. The van der Waals surface area contributed by atoms with Crippen LogP contribution in [0.3, 0.4) is 0 Å². The highest BCUT2D eigenvalue weighted by molar-refractivity contribution is 7.19. The number of ether oxygens (including phenoxy) is 2. The predicted molar refractivity (Wildman–Crippen MR) is 151 cm³/mol.